The molecule has 1 amide bonds. The summed E-state index contributed by atoms with van der Waals surface area (Å²) in [5.41, 5.74) is 1.24. The standard InChI is InChI=1S/C14H14ClFN2OS/c1-9(11-4-2-3-5-12(11)16)17-13(19)6-14-18-10(7-15)8-20-14/h2-5,8-9H,6-7H2,1H3,(H,17,19). The highest BCUT2D eigenvalue weighted by molar-refractivity contribution is 7.09. The van der Waals surface area contributed by atoms with Gasteiger partial charge < -0.3 is 5.32 Å². The Bertz CT molecular complexity index is 602. The van der Waals surface area contributed by atoms with Crippen LogP contribution in [0.1, 0.15) is 29.2 Å². The molecule has 0 fully saturated rings. The minimum atomic E-state index is -0.379. The number of carbonyl (C=O) groups is 1. The van der Waals surface area contributed by atoms with Crippen LogP contribution in [0.3, 0.4) is 0 Å². The highest BCUT2D eigenvalue weighted by Gasteiger charge is 2.14. The Hall–Kier alpha value is -1.46. The Morgan fingerprint density at radius 3 is 2.90 bits per heavy atom. The lowest BCUT2D eigenvalue weighted by molar-refractivity contribution is -0.121. The van der Waals surface area contributed by atoms with Crippen LogP contribution in [0.25, 0.3) is 0 Å². The van der Waals surface area contributed by atoms with Gasteiger partial charge in [0.1, 0.15) is 10.8 Å². The summed E-state index contributed by atoms with van der Waals surface area (Å²) < 4.78 is 13.6. The lowest BCUT2D eigenvalue weighted by atomic mass is 10.1. The normalized spacial score (nSPS) is 12.2. The van der Waals surface area contributed by atoms with E-state index in [1.165, 1.54) is 17.4 Å². The molecule has 3 nitrogen and oxygen atoms in total. The average Bonchev–Trinajstić information content (AvgIpc) is 2.86. The maximum absolute atomic E-state index is 13.6. The van der Waals surface area contributed by atoms with E-state index >= 15 is 0 Å². The highest BCUT2D eigenvalue weighted by Crippen LogP contribution is 2.17. The van der Waals surface area contributed by atoms with Crippen LogP contribution in [-0.4, -0.2) is 10.9 Å². The Balaban J connectivity index is 1.96. The number of hydrogen-bond acceptors (Lipinski definition) is 3. The van der Waals surface area contributed by atoms with Gasteiger partial charge in [0.2, 0.25) is 5.91 Å². The number of aromatic nitrogens is 1. The molecule has 1 atom stereocenters. The van der Waals surface area contributed by atoms with Gasteiger partial charge in [-0.25, -0.2) is 9.37 Å². The molecule has 2 rings (SSSR count). The second kappa shape index (κ2) is 6.81. The second-order valence-corrected chi connectivity index (χ2v) is 5.56. The molecular weight excluding hydrogens is 299 g/mol. The van der Waals surface area contributed by atoms with E-state index in [-0.39, 0.29) is 24.2 Å². The minimum Gasteiger partial charge on any atom is -0.349 e. The lowest BCUT2D eigenvalue weighted by Gasteiger charge is -2.14. The van der Waals surface area contributed by atoms with E-state index in [2.05, 4.69) is 10.3 Å². The third-order valence-corrected chi connectivity index (χ3v) is 3.97. The highest BCUT2D eigenvalue weighted by atomic mass is 35.5. The van der Waals surface area contributed by atoms with Gasteiger partial charge >= 0.3 is 0 Å². The van der Waals surface area contributed by atoms with Crippen molar-refractivity contribution in [2.45, 2.75) is 25.3 Å². The number of alkyl halides is 1. The quantitative estimate of drug-likeness (QED) is 0.859. The van der Waals surface area contributed by atoms with Gasteiger partial charge in [-0.1, -0.05) is 18.2 Å². The molecule has 0 aliphatic rings. The number of amides is 1. The van der Waals surface area contributed by atoms with Crippen molar-refractivity contribution in [2.75, 3.05) is 0 Å². The second-order valence-electron chi connectivity index (χ2n) is 4.35. The first-order chi connectivity index (χ1) is 9.60. The van der Waals surface area contributed by atoms with Gasteiger partial charge in [0, 0.05) is 10.9 Å². The summed E-state index contributed by atoms with van der Waals surface area (Å²) >= 11 is 7.06. The largest absolute Gasteiger partial charge is 0.349 e. The predicted molar refractivity (Wildman–Crippen MR) is 78.3 cm³/mol. The van der Waals surface area contributed by atoms with Crippen molar-refractivity contribution in [1.82, 2.24) is 10.3 Å². The molecule has 0 spiro atoms. The summed E-state index contributed by atoms with van der Waals surface area (Å²) in [6.07, 6.45) is 0.181. The van der Waals surface area contributed by atoms with Gasteiger partial charge in [0.05, 0.1) is 24.0 Å². The van der Waals surface area contributed by atoms with Gasteiger partial charge in [0.15, 0.2) is 0 Å². The maximum atomic E-state index is 13.6. The van der Waals surface area contributed by atoms with Crippen LogP contribution in [0.4, 0.5) is 4.39 Å². The number of nitrogens with one attached hydrogen (secondary N) is 1. The van der Waals surface area contributed by atoms with Crippen LogP contribution in [0.2, 0.25) is 0 Å². The summed E-state index contributed by atoms with van der Waals surface area (Å²) in [5, 5.41) is 5.30. The zero-order valence-corrected chi connectivity index (χ0v) is 12.5. The fourth-order valence-electron chi connectivity index (χ4n) is 1.83. The van der Waals surface area contributed by atoms with Gasteiger partial charge in [0.25, 0.3) is 0 Å². The summed E-state index contributed by atoms with van der Waals surface area (Å²) in [7, 11) is 0. The predicted octanol–water partition coefficient (Wildman–Crippen LogP) is 3.44. The fourth-order valence-corrected chi connectivity index (χ4v) is 2.85. The average molecular weight is 313 g/mol. The molecule has 20 heavy (non-hydrogen) atoms. The van der Waals surface area contributed by atoms with Crippen LogP contribution in [0.5, 0.6) is 0 Å². The zero-order valence-electron chi connectivity index (χ0n) is 10.9. The summed E-state index contributed by atoms with van der Waals surface area (Å²) in [6.45, 7) is 1.75. The molecule has 0 aliphatic carbocycles. The van der Waals surface area contributed by atoms with Crippen LogP contribution in [0.15, 0.2) is 29.6 Å². The maximum Gasteiger partial charge on any atom is 0.227 e. The van der Waals surface area contributed by atoms with E-state index in [0.29, 0.717) is 16.5 Å². The molecule has 106 valence electrons. The Labute approximate surface area is 125 Å². The molecule has 0 saturated carbocycles. The molecule has 1 heterocycles. The Morgan fingerprint density at radius 2 is 2.25 bits per heavy atom. The number of rotatable bonds is 5. The van der Waals surface area contributed by atoms with Crippen molar-refractivity contribution >= 4 is 28.8 Å². The molecule has 1 N–H and O–H groups in total. The molecule has 0 bridgehead atoms. The Morgan fingerprint density at radius 1 is 1.50 bits per heavy atom. The number of halogens is 2. The first kappa shape index (κ1) is 14.9. The van der Waals surface area contributed by atoms with Crippen molar-refractivity contribution in [3.05, 3.63) is 51.7 Å². The zero-order chi connectivity index (χ0) is 14.5. The molecule has 1 aromatic carbocycles. The van der Waals surface area contributed by atoms with Crippen molar-refractivity contribution in [1.29, 1.82) is 0 Å². The van der Waals surface area contributed by atoms with Crippen molar-refractivity contribution in [2.24, 2.45) is 0 Å². The SMILES string of the molecule is CC(NC(=O)Cc1nc(CCl)cs1)c1ccccc1F. The smallest absolute Gasteiger partial charge is 0.227 e. The molecule has 1 aromatic heterocycles. The van der Waals surface area contributed by atoms with Gasteiger partial charge in [-0.2, -0.15) is 0 Å². The fraction of sp³-hybridized carbons (Fsp3) is 0.286. The van der Waals surface area contributed by atoms with Gasteiger partial charge in [-0.15, -0.1) is 22.9 Å². The van der Waals surface area contributed by atoms with E-state index in [1.54, 1.807) is 25.1 Å². The Kier molecular flexibility index (Phi) is 5.09. The third-order valence-electron chi connectivity index (χ3n) is 2.80. The van der Waals surface area contributed by atoms with Crippen molar-refractivity contribution in [3.8, 4) is 0 Å². The molecular formula is C14H14ClFN2OS. The first-order valence-electron chi connectivity index (χ1n) is 6.13. The first-order valence-corrected chi connectivity index (χ1v) is 7.54. The van der Waals surface area contributed by atoms with Crippen LogP contribution >= 0.6 is 22.9 Å². The molecule has 6 heteroatoms. The van der Waals surface area contributed by atoms with Crippen LogP contribution < -0.4 is 5.32 Å². The summed E-state index contributed by atoms with van der Waals surface area (Å²) in [6, 6.07) is 6.03. The number of benzene rings is 1. The van der Waals surface area contributed by atoms with E-state index in [4.69, 9.17) is 11.6 Å². The van der Waals surface area contributed by atoms with Crippen molar-refractivity contribution < 1.29 is 9.18 Å². The molecule has 2 aromatic rings. The van der Waals surface area contributed by atoms with E-state index < -0.39 is 0 Å². The van der Waals surface area contributed by atoms with E-state index in [0.717, 1.165) is 5.69 Å². The summed E-state index contributed by atoms with van der Waals surface area (Å²) in [5.74, 6) is -0.167. The minimum absolute atomic E-state index is 0.181. The number of thiazole rings is 1. The third kappa shape index (κ3) is 3.77. The van der Waals surface area contributed by atoms with E-state index in [1.807, 2.05) is 5.38 Å². The monoisotopic (exact) mass is 312 g/mol. The summed E-state index contributed by atoms with van der Waals surface area (Å²) in [4.78, 5) is 16.1. The molecule has 1 unspecified atom stereocenters. The van der Waals surface area contributed by atoms with Crippen molar-refractivity contribution in [3.63, 3.8) is 0 Å². The topological polar surface area (TPSA) is 42.0 Å². The van der Waals surface area contributed by atoms with Crippen LogP contribution in [0, 0.1) is 5.82 Å². The van der Waals surface area contributed by atoms with E-state index in [9.17, 15) is 9.18 Å². The molecule has 0 aliphatic heterocycles. The molecule has 0 saturated heterocycles. The molecule has 0 radical (unpaired) electrons. The number of hydrogen-bond donors (Lipinski definition) is 1. The van der Waals surface area contributed by atoms with Crippen LogP contribution in [-0.2, 0) is 17.1 Å². The number of nitrogens with zero attached hydrogens (tertiary/aromatic N) is 1. The number of carbonyl (C=O) groups excluding carboxylic acids is 1. The van der Waals surface area contributed by atoms with Gasteiger partial charge in [-0.3, -0.25) is 4.79 Å². The lowest BCUT2D eigenvalue weighted by Crippen LogP contribution is -2.28. The van der Waals surface area contributed by atoms with Gasteiger partial charge in [-0.05, 0) is 13.0 Å².